The van der Waals surface area contributed by atoms with Crippen LogP contribution in [0.4, 0.5) is 0 Å². The van der Waals surface area contributed by atoms with Crippen LogP contribution in [-0.2, 0) is 10.3 Å². The van der Waals surface area contributed by atoms with Gasteiger partial charge in [0.15, 0.2) is 0 Å². The van der Waals surface area contributed by atoms with E-state index < -0.39 is 5.60 Å². The molecule has 1 heterocycles. The highest BCUT2D eigenvalue weighted by Crippen LogP contribution is 2.57. The molecule has 0 spiro atoms. The lowest BCUT2D eigenvalue weighted by Crippen LogP contribution is -2.43. The third-order valence-corrected chi connectivity index (χ3v) is 4.24. The zero-order valence-electron chi connectivity index (χ0n) is 9.65. The van der Waals surface area contributed by atoms with Gasteiger partial charge in [0.25, 0.3) is 0 Å². The van der Waals surface area contributed by atoms with Crippen molar-refractivity contribution in [1.82, 2.24) is 0 Å². The van der Waals surface area contributed by atoms with Crippen molar-refractivity contribution in [2.24, 2.45) is 0 Å². The zero-order chi connectivity index (χ0) is 11.2. The lowest BCUT2D eigenvalue weighted by molar-refractivity contribution is -0.0333. The van der Waals surface area contributed by atoms with E-state index in [0.29, 0.717) is 0 Å². The average Bonchev–Trinajstić information content (AvgIpc) is 3.06. The number of benzene rings is 1. The summed E-state index contributed by atoms with van der Waals surface area (Å²) in [5.41, 5.74) is -0.175. The predicted octanol–water partition coefficient (Wildman–Crippen LogP) is 2.61. The highest BCUT2D eigenvalue weighted by Gasteiger charge is 2.67. The van der Waals surface area contributed by atoms with Gasteiger partial charge in [-0.25, -0.2) is 0 Å². The van der Waals surface area contributed by atoms with E-state index in [1.165, 1.54) is 12.8 Å². The van der Waals surface area contributed by atoms with Crippen LogP contribution < -0.4 is 0 Å². The van der Waals surface area contributed by atoms with E-state index in [-0.39, 0.29) is 11.7 Å². The molecule has 86 valence electrons. The molecule has 1 aliphatic carbocycles. The summed E-state index contributed by atoms with van der Waals surface area (Å²) in [5.74, 6) is 0. The van der Waals surface area contributed by atoms with E-state index in [0.717, 1.165) is 18.4 Å². The van der Waals surface area contributed by atoms with Crippen molar-refractivity contribution >= 4 is 0 Å². The van der Waals surface area contributed by atoms with E-state index in [1.807, 2.05) is 37.3 Å². The van der Waals surface area contributed by atoms with Gasteiger partial charge in [0.1, 0.15) is 11.2 Å². The fourth-order valence-electron chi connectivity index (χ4n) is 3.13. The maximum atomic E-state index is 10.8. The highest BCUT2D eigenvalue weighted by atomic mass is 16.6. The average molecular weight is 218 g/mol. The quantitative estimate of drug-likeness (QED) is 0.774. The van der Waals surface area contributed by atoms with Crippen LogP contribution in [0.5, 0.6) is 0 Å². The molecule has 1 saturated heterocycles. The van der Waals surface area contributed by atoms with Crippen LogP contribution in [0.1, 0.15) is 38.2 Å². The Kier molecular flexibility index (Phi) is 2.13. The number of rotatable bonds is 2. The summed E-state index contributed by atoms with van der Waals surface area (Å²) in [5, 5.41) is 10.8. The summed E-state index contributed by atoms with van der Waals surface area (Å²) in [4.78, 5) is 0. The van der Waals surface area contributed by atoms with Gasteiger partial charge in [0.05, 0.1) is 6.10 Å². The van der Waals surface area contributed by atoms with Crippen LogP contribution >= 0.6 is 0 Å². The Morgan fingerprint density at radius 1 is 1.31 bits per heavy atom. The van der Waals surface area contributed by atoms with Crippen LogP contribution in [0.3, 0.4) is 0 Å². The molecule has 3 atom stereocenters. The van der Waals surface area contributed by atoms with Crippen LogP contribution in [0.15, 0.2) is 30.3 Å². The Hall–Kier alpha value is -0.860. The van der Waals surface area contributed by atoms with Gasteiger partial charge in [-0.15, -0.1) is 0 Å². The number of epoxide rings is 1. The second-order valence-corrected chi connectivity index (χ2v) is 5.18. The van der Waals surface area contributed by atoms with Crippen molar-refractivity contribution in [3.8, 4) is 0 Å². The standard InChI is InChI=1S/C14H18O2/c1-13(15,11-7-3-2-4-8-11)14-10-6-5-9-12(14)16-14/h2-4,7-8,12,15H,5-6,9-10H2,1H3/t12-,13-,14+/m0/s1. The number of hydrogen-bond donors (Lipinski definition) is 1. The molecule has 2 aliphatic rings. The van der Waals surface area contributed by atoms with Crippen molar-refractivity contribution in [2.75, 3.05) is 0 Å². The summed E-state index contributed by atoms with van der Waals surface area (Å²) < 4.78 is 5.83. The molecule has 0 unspecified atom stereocenters. The third kappa shape index (κ3) is 1.26. The molecule has 3 rings (SSSR count). The maximum Gasteiger partial charge on any atom is 0.127 e. The fourth-order valence-corrected chi connectivity index (χ4v) is 3.13. The normalized spacial score (nSPS) is 36.2. The van der Waals surface area contributed by atoms with Crippen molar-refractivity contribution in [3.63, 3.8) is 0 Å². The lowest BCUT2D eigenvalue weighted by atomic mass is 9.74. The monoisotopic (exact) mass is 218 g/mol. The van der Waals surface area contributed by atoms with Gasteiger partial charge in [-0.05, 0) is 25.3 Å². The summed E-state index contributed by atoms with van der Waals surface area (Å²) >= 11 is 0. The van der Waals surface area contributed by atoms with Crippen molar-refractivity contribution in [1.29, 1.82) is 0 Å². The molecule has 2 fully saturated rings. The van der Waals surface area contributed by atoms with Gasteiger partial charge in [0.2, 0.25) is 0 Å². The van der Waals surface area contributed by atoms with Gasteiger partial charge in [0, 0.05) is 0 Å². The number of hydrogen-bond acceptors (Lipinski definition) is 2. The van der Waals surface area contributed by atoms with Crippen molar-refractivity contribution in [3.05, 3.63) is 35.9 Å². The molecule has 0 radical (unpaired) electrons. The Morgan fingerprint density at radius 3 is 2.75 bits per heavy atom. The predicted molar refractivity (Wildman–Crippen MR) is 62.1 cm³/mol. The van der Waals surface area contributed by atoms with Crippen molar-refractivity contribution in [2.45, 2.75) is 49.9 Å². The minimum Gasteiger partial charge on any atom is -0.382 e. The summed E-state index contributed by atoms with van der Waals surface area (Å²) in [6.07, 6.45) is 4.76. The van der Waals surface area contributed by atoms with Crippen LogP contribution in [0, 0.1) is 0 Å². The summed E-state index contributed by atoms with van der Waals surface area (Å²) in [6, 6.07) is 9.90. The minimum absolute atomic E-state index is 0.274. The molecular weight excluding hydrogens is 200 g/mol. The fraction of sp³-hybridized carbons (Fsp3) is 0.571. The Bertz CT molecular complexity index is 385. The van der Waals surface area contributed by atoms with Gasteiger partial charge in [-0.1, -0.05) is 43.2 Å². The molecular formula is C14H18O2. The SMILES string of the molecule is C[C@](O)(c1ccccc1)[C@@]12CCCC[C@@H]1O2. The molecule has 1 aliphatic heterocycles. The van der Waals surface area contributed by atoms with Crippen molar-refractivity contribution < 1.29 is 9.84 Å². The maximum absolute atomic E-state index is 10.8. The first kappa shape index (κ1) is 10.3. The summed E-state index contributed by atoms with van der Waals surface area (Å²) in [6.45, 7) is 1.90. The van der Waals surface area contributed by atoms with Crippen LogP contribution in [0.25, 0.3) is 0 Å². The van der Waals surface area contributed by atoms with Gasteiger partial charge < -0.3 is 9.84 Å². The molecule has 0 bridgehead atoms. The zero-order valence-corrected chi connectivity index (χ0v) is 9.65. The Labute approximate surface area is 96.2 Å². The topological polar surface area (TPSA) is 32.8 Å². The third-order valence-electron chi connectivity index (χ3n) is 4.24. The van der Waals surface area contributed by atoms with Gasteiger partial charge >= 0.3 is 0 Å². The van der Waals surface area contributed by atoms with Gasteiger partial charge in [-0.3, -0.25) is 0 Å². The van der Waals surface area contributed by atoms with Crippen LogP contribution in [-0.4, -0.2) is 16.8 Å². The molecule has 1 aromatic rings. The number of ether oxygens (including phenoxy) is 1. The molecule has 1 N–H and O–H groups in total. The van der Waals surface area contributed by atoms with E-state index in [1.54, 1.807) is 0 Å². The summed E-state index contributed by atoms with van der Waals surface area (Å²) in [7, 11) is 0. The first-order valence-corrected chi connectivity index (χ1v) is 6.12. The van der Waals surface area contributed by atoms with E-state index >= 15 is 0 Å². The van der Waals surface area contributed by atoms with Gasteiger partial charge in [-0.2, -0.15) is 0 Å². The Balaban J connectivity index is 1.94. The molecule has 16 heavy (non-hydrogen) atoms. The van der Waals surface area contributed by atoms with E-state index in [9.17, 15) is 5.11 Å². The van der Waals surface area contributed by atoms with E-state index in [4.69, 9.17) is 4.74 Å². The first-order chi connectivity index (χ1) is 7.67. The Morgan fingerprint density at radius 2 is 2.06 bits per heavy atom. The van der Waals surface area contributed by atoms with E-state index in [2.05, 4.69) is 0 Å². The second-order valence-electron chi connectivity index (χ2n) is 5.18. The largest absolute Gasteiger partial charge is 0.382 e. The molecule has 1 aromatic carbocycles. The smallest absolute Gasteiger partial charge is 0.127 e. The molecule has 2 nitrogen and oxygen atoms in total. The van der Waals surface area contributed by atoms with Crippen LogP contribution in [0.2, 0.25) is 0 Å². The minimum atomic E-state index is -0.848. The highest BCUT2D eigenvalue weighted by molar-refractivity contribution is 5.30. The lowest BCUT2D eigenvalue weighted by Gasteiger charge is -2.33. The molecule has 2 heteroatoms. The molecule has 1 saturated carbocycles. The number of fused-ring (bicyclic) bond motifs is 1. The molecule has 0 amide bonds. The molecule has 0 aromatic heterocycles. The number of aliphatic hydroxyl groups is 1. The second kappa shape index (κ2) is 3.31. The first-order valence-electron chi connectivity index (χ1n) is 6.12.